The van der Waals surface area contributed by atoms with Crippen molar-refractivity contribution < 1.29 is 9.59 Å². The van der Waals surface area contributed by atoms with Crippen LogP contribution in [0.4, 0.5) is 5.82 Å². The summed E-state index contributed by atoms with van der Waals surface area (Å²) in [6, 6.07) is 0. The fourth-order valence-corrected chi connectivity index (χ4v) is 1.42. The number of nitrogens with one attached hydrogen (secondary N) is 1. The Morgan fingerprint density at radius 1 is 1.33 bits per heavy atom. The van der Waals surface area contributed by atoms with Gasteiger partial charge in [0.1, 0.15) is 0 Å². The Balaban J connectivity index is 2.59. The molecule has 0 aliphatic carbocycles. The summed E-state index contributed by atoms with van der Waals surface area (Å²) in [5, 5.41) is 1.11. The highest BCUT2D eigenvalue weighted by atomic mass is 16.2. The molecule has 2 amide bonds. The van der Waals surface area contributed by atoms with Crippen LogP contribution in [0.25, 0.3) is 0 Å². The van der Waals surface area contributed by atoms with E-state index in [9.17, 15) is 9.59 Å². The number of aromatic nitrogens is 2. The van der Waals surface area contributed by atoms with Gasteiger partial charge in [0.05, 0.1) is 6.20 Å². The molecule has 0 aliphatic heterocycles. The van der Waals surface area contributed by atoms with E-state index in [4.69, 9.17) is 0 Å². The molecule has 0 saturated heterocycles. The molecule has 0 bridgehead atoms. The van der Waals surface area contributed by atoms with Gasteiger partial charge in [0.2, 0.25) is 11.8 Å². The molecule has 0 atom stereocenters. The van der Waals surface area contributed by atoms with Crippen molar-refractivity contribution in [3.63, 3.8) is 0 Å². The lowest BCUT2D eigenvalue weighted by molar-refractivity contribution is -0.125. The van der Waals surface area contributed by atoms with E-state index in [0.717, 1.165) is 24.3 Å². The van der Waals surface area contributed by atoms with Crippen LogP contribution in [0.3, 0.4) is 0 Å². The topological polar surface area (TPSA) is 75.2 Å². The number of hydrogen-bond donors (Lipinski definition) is 1. The van der Waals surface area contributed by atoms with Crippen LogP contribution in [0.5, 0.6) is 0 Å². The molecule has 6 nitrogen and oxygen atoms in total. The minimum atomic E-state index is -0.306. The number of hydrogen-bond acceptors (Lipinski definition) is 4. The molecule has 1 aromatic rings. The van der Waals surface area contributed by atoms with Crippen molar-refractivity contribution in [2.24, 2.45) is 0 Å². The van der Waals surface area contributed by atoms with Gasteiger partial charge >= 0.3 is 0 Å². The zero-order valence-corrected chi connectivity index (χ0v) is 10.7. The first-order valence-electron chi connectivity index (χ1n) is 6.01. The molecule has 1 heterocycles. The van der Waals surface area contributed by atoms with Crippen LogP contribution < -0.4 is 10.4 Å². The summed E-state index contributed by atoms with van der Waals surface area (Å²) in [4.78, 5) is 30.9. The first-order valence-corrected chi connectivity index (χ1v) is 6.01. The summed E-state index contributed by atoms with van der Waals surface area (Å²) < 4.78 is 0. The molecule has 0 unspecified atom stereocenters. The van der Waals surface area contributed by atoms with E-state index in [1.165, 1.54) is 25.5 Å². The Kier molecular flexibility index (Phi) is 5.76. The molecule has 0 aliphatic rings. The molecule has 98 valence electrons. The van der Waals surface area contributed by atoms with Gasteiger partial charge in [-0.2, -0.15) is 0 Å². The summed E-state index contributed by atoms with van der Waals surface area (Å²) in [5.41, 5.74) is 2.53. The van der Waals surface area contributed by atoms with E-state index in [0.29, 0.717) is 12.2 Å². The molecular weight excluding hydrogens is 232 g/mol. The van der Waals surface area contributed by atoms with Gasteiger partial charge in [-0.1, -0.05) is 19.8 Å². The van der Waals surface area contributed by atoms with Crippen molar-refractivity contribution in [1.82, 2.24) is 15.4 Å². The Hall–Kier alpha value is -1.98. The zero-order chi connectivity index (χ0) is 13.4. The van der Waals surface area contributed by atoms with Crippen molar-refractivity contribution in [2.75, 3.05) is 5.01 Å². The SMILES string of the molecule is CCCCCC(=O)NN(C(C)=O)c1cnccn1. The number of carbonyl (C=O) groups excluding carboxylic acids is 2. The smallest absolute Gasteiger partial charge is 0.244 e. The maximum atomic E-state index is 11.7. The summed E-state index contributed by atoms with van der Waals surface area (Å²) in [6.45, 7) is 3.43. The second-order valence-electron chi connectivity index (χ2n) is 3.91. The first kappa shape index (κ1) is 14.1. The van der Waals surface area contributed by atoms with Crippen molar-refractivity contribution in [2.45, 2.75) is 39.5 Å². The second kappa shape index (κ2) is 7.37. The lowest BCUT2D eigenvalue weighted by atomic mass is 10.2. The summed E-state index contributed by atoms with van der Waals surface area (Å²) in [5.74, 6) is -0.183. The minimum absolute atomic E-state index is 0.190. The molecule has 6 heteroatoms. The lowest BCUT2D eigenvalue weighted by Crippen LogP contribution is -2.45. The maximum absolute atomic E-state index is 11.7. The molecule has 0 aromatic carbocycles. The summed E-state index contributed by atoms with van der Waals surface area (Å²) in [7, 11) is 0. The average molecular weight is 250 g/mol. The Morgan fingerprint density at radius 2 is 2.11 bits per heavy atom. The highest BCUT2D eigenvalue weighted by molar-refractivity contribution is 5.93. The van der Waals surface area contributed by atoms with E-state index in [1.807, 2.05) is 0 Å². The number of hydrazine groups is 1. The molecule has 0 fully saturated rings. The highest BCUT2D eigenvalue weighted by Crippen LogP contribution is 2.06. The zero-order valence-electron chi connectivity index (χ0n) is 10.7. The third-order valence-corrected chi connectivity index (χ3v) is 2.34. The van der Waals surface area contributed by atoms with Crippen LogP contribution in [0.15, 0.2) is 18.6 Å². The predicted octanol–water partition coefficient (Wildman–Crippen LogP) is 1.44. The van der Waals surface area contributed by atoms with E-state index >= 15 is 0 Å². The Morgan fingerprint density at radius 3 is 2.67 bits per heavy atom. The number of carbonyl (C=O) groups is 2. The predicted molar refractivity (Wildman–Crippen MR) is 67.5 cm³/mol. The van der Waals surface area contributed by atoms with Crippen LogP contribution in [0.1, 0.15) is 39.5 Å². The molecular formula is C12H18N4O2. The quantitative estimate of drug-likeness (QED) is 0.633. The molecule has 1 N–H and O–H groups in total. The third-order valence-electron chi connectivity index (χ3n) is 2.34. The largest absolute Gasteiger partial charge is 0.273 e. The van der Waals surface area contributed by atoms with Crippen LogP contribution in [-0.4, -0.2) is 21.8 Å². The summed E-state index contributed by atoms with van der Waals surface area (Å²) >= 11 is 0. The molecule has 0 radical (unpaired) electrons. The van der Waals surface area contributed by atoms with E-state index in [1.54, 1.807) is 0 Å². The van der Waals surface area contributed by atoms with E-state index in [-0.39, 0.29) is 11.8 Å². The van der Waals surface area contributed by atoms with Crippen LogP contribution in [0.2, 0.25) is 0 Å². The second-order valence-corrected chi connectivity index (χ2v) is 3.91. The number of anilines is 1. The standard InChI is InChI=1S/C12H18N4O2/c1-3-4-5-6-12(18)15-16(10(2)17)11-9-13-7-8-14-11/h7-9H,3-6H2,1-2H3,(H,15,18). The monoisotopic (exact) mass is 250 g/mol. The summed E-state index contributed by atoms with van der Waals surface area (Å²) in [6.07, 6.45) is 7.66. The lowest BCUT2D eigenvalue weighted by Gasteiger charge is -2.20. The number of unbranched alkanes of at least 4 members (excludes halogenated alkanes) is 2. The fraction of sp³-hybridized carbons (Fsp3) is 0.500. The van der Waals surface area contributed by atoms with Crippen molar-refractivity contribution in [3.05, 3.63) is 18.6 Å². The van der Waals surface area contributed by atoms with Gasteiger partial charge < -0.3 is 0 Å². The van der Waals surface area contributed by atoms with E-state index < -0.39 is 0 Å². The highest BCUT2D eigenvalue weighted by Gasteiger charge is 2.15. The molecule has 1 rings (SSSR count). The van der Waals surface area contributed by atoms with Crippen molar-refractivity contribution in [1.29, 1.82) is 0 Å². The van der Waals surface area contributed by atoms with Crippen molar-refractivity contribution >= 4 is 17.6 Å². The van der Waals surface area contributed by atoms with Gasteiger partial charge in [-0.3, -0.25) is 20.0 Å². The normalized spacial score (nSPS) is 9.89. The molecule has 0 spiro atoms. The third kappa shape index (κ3) is 4.48. The maximum Gasteiger partial charge on any atom is 0.244 e. The molecule has 0 saturated carbocycles. The van der Waals surface area contributed by atoms with Gasteiger partial charge in [0.25, 0.3) is 0 Å². The van der Waals surface area contributed by atoms with Crippen LogP contribution in [-0.2, 0) is 9.59 Å². The van der Waals surface area contributed by atoms with Crippen LogP contribution >= 0.6 is 0 Å². The average Bonchev–Trinajstić information content (AvgIpc) is 2.37. The Bertz CT molecular complexity index is 394. The van der Waals surface area contributed by atoms with Gasteiger partial charge in [-0.25, -0.2) is 9.99 Å². The minimum Gasteiger partial charge on any atom is -0.273 e. The first-order chi connectivity index (χ1) is 8.65. The van der Waals surface area contributed by atoms with Gasteiger partial charge in [0.15, 0.2) is 5.82 Å². The number of amides is 2. The molecule has 18 heavy (non-hydrogen) atoms. The molecule has 1 aromatic heterocycles. The van der Waals surface area contributed by atoms with Crippen molar-refractivity contribution in [3.8, 4) is 0 Å². The van der Waals surface area contributed by atoms with Gasteiger partial charge in [-0.15, -0.1) is 0 Å². The number of rotatable bonds is 5. The Labute approximate surface area is 106 Å². The van der Waals surface area contributed by atoms with Gasteiger partial charge in [-0.05, 0) is 6.42 Å². The fourth-order valence-electron chi connectivity index (χ4n) is 1.42. The van der Waals surface area contributed by atoms with Gasteiger partial charge in [0, 0.05) is 25.7 Å². The number of nitrogens with zero attached hydrogens (tertiary/aromatic N) is 3. The van der Waals surface area contributed by atoms with E-state index in [2.05, 4.69) is 22.3 Å². The van der Waals surface area contributed by atoms with Crippen LogP contribution in [0, 0.1) is 0 Å².